The summed E-state index contributed by atoms with van der Waals surface area (Å²) in [6.45, 7) is 1.97. The first-order valence-electron chi connectivity index (χ1n) is 3.59. The SMILES string of the molecule is [B]C1C=C([C@@H](C)N)C=CC1. The third-order valence-corrected chi connectivity index (χ3v) is 1.65. The summed E-state index contributed by atoms with van der Waals surface area (Å²) in [5, 5.41) is 0. The van der Waals surface area contributed by atoms with Gasteiger partial charge in [-0.25, -0.2) is 0 Å². The Balaban J connectivity index is 2.66. The molecule has 2 N–H and O–H groups in total. The van der Waals surface area contributed by atoms with Crippen molar-refractivity contribution in [2.45, 2.75) is 25.2 Å². The first kappa shape index (κ1) is 7.61. The highest BCUT2D eigenvalue weighted by atomic mass is 14.6. The van der Waals surface area contributed by atoms with Crippen molar-refractivity contribution < 1.29 is 0 Å². The van der Waals surface area contributed by atoms with Crippen LogP contribution in [0.3, 0.4) is 0 Å². The van der Waals surface area contributed by atoms with Crippen LogP contribution in [0, 0.1) is 0 Å². The van der Waals surface area contributed by atoms with E-state index in [1.54, 1.807) is 0 Å². The van der Waals surface area contributed by atoms with Crippen LogP contribution in [-0.4, -0.2) is 13.9 Å². The Bertz CT molecular complexity index is 170. The molecule has 52 valence electrons. The van der Waals surface area contributed by atoms with Gasteiger partial charge >= 0.3 is 0 Å². The molecule has 1 aliphatic carbocycles. The smallest absolute Gasteiger partial charge is 0.0759 e. The lowest BCUT2D eigenvalue weighted by atomic mass is 9.79. The van der Waals surface area contributed by atoms with E-state index in [2.05, 4.69) is 6.08 Å². The highest BCUT2D eigenvalue weighted by Gasteiger charge is 2.05. The summed E-state index contributed by atoms with van der Waals surface area (Å²) in [6, 6.07) is 0.114. The van der Waals surface area contributed by atoms with Crippen LogP contribution in [0.25, 0.3) is 0 Å². The maximum absolute atomic E-state index is 5.68. The van der Waals surface area contributed by atoms with Crippen molar-refractivity contribution in [3.05, 3.63) is 23.8 Å². The Morgan fingerprint density at radius 3 is 2.90 bits per heavy atom. The predicted molar refractivity (Wildman–Crippen MR) is 45.0 cm³/mol. The van der Waals surface area contributed by atoms with Gasteiger partial charge in [0.1, 0.15) is 0 Å². The summed E-state index contributed by atoms with van der Waals surface area (Å²) in [5.74, 6) is 0.172. The van der Waals surface area contributed by atoms with E-state index in [9.17, 15) is 0 Å². The van der Waals surface area contributed by atoms with Gasteiger partial charge < -0.3 is 5.73 Å². The van der Waals surface area contributed by atoms with Gasteiger partial charge in [-0.2, -0.15) is 0 Å². The standard InChI is InChI=1S/C8H12BN/c1-6(10)7-3-2-4-8(9)5-7/h2-3,5-6,8H,4,10H2,1H3/t6-,8?/m1/s1. The zero-order chi connectivity index (χ0) is 7.56. The second kappa shape index (κ2) is 3.06. The number of allylic oxidation sites excluding steroid dienone is 2. The van der Waals surface area contributed by atoms with Crippen LogP contribution in [0.15, 0.2) is 23.8 Å². The lowest BCUT2D eigenvalue weighted by Gasteiger charge is -2.14. The molecule has 0 heterocycles. The molecule has 0 aromatic rings. The Morgan fingerprint density at radius 1 is 1.80 bits per heavy atom. The van der Waals surface area contributed by atoms with Gasteiger partial charge in [-0.1, -0.05) is 24.0 Å². The van der Waals surface area contributed by atoms with E-state index >= 15 is 0 Å². The monoisotopic (exact) mass is 133 g/mol. The minimum Gasteiger partial charge on any atom is -0.324 e. The van der Waals surface area contributed by atoms with Gasteiger partial charge in [0.15, 0.2) is 0 Å². The summed E-state index contributed by atoms with van der Waals surface area (Å²) in [6.07, 6.45) is 7.10. The van der Waals surface area contributed by atoms with Crippen LogP contribution in [-0.2, 0) is 0 Å². The molecular formula is C8H12BN. The van der Waals surface area contributed by atoms with E-state index in [-0.39, 0.29) is 11.9 Å². The lowest BCUT2D eigenvalue weighted by molar-refractivity contribution is 0.855. The van der Waals surface area contributed by atoms with Crippen molar-refractivity contribution in [1.29, 1.82) is 0 Å². The van der Waals surface area contributed by atoms with Gasteiger partial charge in [0.05, 0.1) is 7.85 Å². The van der Waals surface area contributed by atoms with Gasteiger partial charge in [-0.05, 0) is 18.9 Å². The molecule has 0 aromatic carbocycles. The fraction of sp³-hybridized carbons (Fsp3) is 0.500. The van der Waals surface area contributed by atoms with Crippen molar-refractivity contribution in [2.75, 3.05) is 0 Å². The molecule has 2 atom stereocenters. The molecular weight excluding hydrogens is 121 g/mol. The van der Waals surface area contributed by atoms with Gasteiger partial charge in [0.25, 0.3) is 0 Å². The number of hydrogen-bond donors (Lipinski definition) is 1. The molecule has 0 bridgehead atoms. The molecule has 10 heavy (non-hydrogen) atoms. The van der Waals surface area contributed by atoms with Crippen LogP contribution in [0.1, 0.15) is 13.3 Å². The van der Waals surface area contributed by atoms with E-state index in [4.69, 9.17) is 13.6 Å². The summed E-state index contributed by atoms with van der Waals surface area (Å²) in [5.41, 5.74) is 6.81. The van der Waals surface area contributed by atoms with Gasteiger partial charge in [-0.15, -0.1) is 0 Å². The van der Waals surface area contributed by atoms with Crippen LogP contribution in [0.5, 0.6) is 0 Å². The third kappa shape index (κ3) is 1.74. The first-order chi connectivity index (χ1) is 4.70. The molecule has 2 radical (unpaired) electrons. The molecule has 0 saturated heterocycles. The topological polar surface area (TPSA) is 26.0 Å². The Kier molecular flexibility index (Phi) is 2.33. The molecule has 0 saturated carbocycles. The Labute approximate surface area is 63.4 Å². The van der Waals surface area contributed by atoms with Crippen LogP contribution in [0.2, 0.25) is 5.82 Å². The van der Waals surface area contributed by atoms with E-state index in [0.717, 1.165) is 12.0 Å². The third-order valence-electron chi connectivity index (χ3n) is 1.65. The zero-order valence-electron chi connectivity index (χ0n) is 6.25. The molecule has 1 aliphatic rings. The fourth-order valence-corrected chi connectivity index (χ4v) is 1.04. The Hall–Kier alpha value is -0.495. The summed E-state index contributed by atoms with van der Waals surface area (Å²) in [7, 11) is 5.68. The normalized spacial score (nSPS) is 27.8. The van der Waals surface area contributed by atoms with Crippen LogP contribution in [0.4, 0.5) is 0 Å². The second-order valence-electron chi connectivity index (χ2n) is 2.76. The fourth-order valence-electron chi connectivity index (χ4n) is 1.04. The average Bonchev–Trinajstić information content (AvgIpc) is 1.88. The maximum atomic E-state index is 5.68. The molecule has 0 amide bonds. The van der Waals surface area contributed by atoms with Crippen molar-refractivity contribution >= 4 is 7.85 Å². The van der Waals surface area contributed by atoms with Gasteiger partial charge in [-0.3, -0.25) is 0 Å². The van der Waals surface area contributed by atoms with Crippen LogP contribution >= 0.6 is 0 Å². The quantitative estimate of drug-likeness (QED) is 0.534. The van der Waals surface area contributed by atoms with Crippen molar-refractivity contribution in [3.8, 4) is 0 Å². The highest BCUT2D eigenvalue weighted by molar-refractivity contribution is 6.13. The first-order valence-corrected chi connectivity index (χ1v) is 3.59. The predicted octanol–water partition coefficient (Wildman–Crippen LogP) is 1.18. The van der Waals surface area contributed by atoms with Gasteiger partial charge in [0.2, 0.25) is 0 Å². The minimum atomic E-state index is 0.114. The van der Waals surface area contributed by atoms with E-state index in [0.29, 0.717) is 0 Å². The highest BCUT2D eigenvalue weighted by Crippen LogP contribution is 2.19. The molecule has 0 aliphatic heterocycles. The van der Waals surface area contributed by atoms with Gasteiger partial charge in [0, 0.05) is 6.04 Å². The van der Waals surface area contributed by atoms with Crippen molar-refractivity contribution in [1.82, 2.24) is 0 Å². The van der Waals surface area contributed by atoms with Crippen molar-refractivity contribution in [3.63, 3.8) is 0 Å². The average molecular weight is 133 g/mol. The van der Waals surface area contributed by atoms with E-state index in [1.807, 2.05) is 19.1 Å². The number of nitrogens with two attached hydrogens (primary N) is 1. The van der Waals surface area contributed by atoms with E-state index < -0.39 is 0 Å². The van der Waals surface area contributed by atoms with E-state index in [1.165, 1.54) is 0 Å². The molecule has 0 fully saturated rings. The minimum absolute atomic E-state index is 0.114. The summed E-state index contributed by atoms with van der Waals surface area (Å²) < 4.78 is 0. The van der Waals surface area contributed by atoms with Crippen LogP contribution < -0.4 is 5.73 Å². The molecule has 1 rings (SSSR count). The molecule has 2 heteroatoms. The lowest BCUT2D eigenvalue weighted by Crippen LogP contribution is -2.18. The van der Waals surface area contributed by atoms with Crippen molar-refractivity contribution in [2.24, 2.45) is 5.73 Å². The number of hydrogen-bond acceptors (Lipinski definition) is 1. The summed E-state index contributed by atoms with van der Waals surface area (Å²) in [4.78, 5) is 0. The zero-order valence-corrected chi connectivity index (χ0v) is 6.25. The Morgan fingerprint density at radius 2 is 2.50 bits per heavy atom. The second-order valence-corrected chi connectivity index (χ2v) is 2.76. The molecule has 0 spiro atoms. The summed E-state index contributed by atoms with van der Waals surface area (Å²) >= 11 is 0. The number of rotatable bonds is 1. The molecule has 0 aromatic heterocycles. The molecule has 1 unspecified atom stereocenters. The maximum Gasteiger partial charge on any atom is 0.0759 e. The molecule has 1 nitrogen and oxygen atoms in total. The largest absolute Gasteiger partial charge is 0.324 e.